The highest BCUT2D eigenvalue weighted by molar-refractivity contribution is 7.10. The van der Waals surface area contributed by atoms with E-state index in [4.69, 9.17) is 28.9 Å². The number of hydrogen-bond acceptors (Lipinski definition) is 16. The third-order valence-electron chi connectivity index (χ3n) is 16.0. The van der Waals surface area contributed by atoms with Gasteiger partial charge in [-0.15, -0.1) is 11.3 Å². The summed E-state index contributed by atoms with van der Waals surface area (Å²) in [6.07, 6.45) is 15.3. The van der Waals surface area contributed by atoms with Gasteiger partial charge in [-0.2, -0.15) is 5.10 Å². The maximum Gasteiger partial charge on any atom is 0.251 e. The van der Waals surface area contributed by atoms with Gasteiger partial charge in [0.1, 0.15) is 34.8 Å². The number of aromatic amines is 1. The molecule has 4 atom stereocenters. The van der Waals surface area contributed by atoms with Gasteiger partial charge < -0.3 is 50.4 Å². The highest BCUT2D eigenvalue weighted by Crippen LogP contribution is 2.38. The van der Waals surface area contributed by atoms with Crippen molar-refractivity contribution in [2.45, 2.75) is 127 Å². The molecule has 0 spiro atoms. The molecular formula is C63H81N11O8S. The first-order chi connectivity index (χ1) is 40.6. The van der Waals surface area contributed by atoms with E-state index < -0.39 is 17.6 Å². The second kappa shape index (κ2) is 30.5. The standard InChI is InChI=1S/C63H81N11O8S/c1-43(67-59(77)49-19-10-20-50(39-49)71-63(26-30-66-31-27-63)62-70-57(72-73-62)46-24-28-65-29-25-46)47-17-11-21-51(40-47)81-36-9-5-8-33-79-34-14-35-80-37-38-82-52-22-12-18-48(41-52)56(75)53-42-83-60(68-53)54-23-13-32-74(54)61(78)55(45-15-6-4-7-16-45)69-58(76)44(2)64-3/h10-12,17-22,24-25,28-29,39-45,54-55,64,66,71H,4-9,13-16,23,26-27,30-38H2,1-3H3,(H,67,77)(H,69,76)(H,70,72,73)/t43-,44+,54+,55?/m1/s1. The third kappa shape index (κ3) is 16.6. The summed E-state index contributed by atoms with van der Waals surface area (Å²) in [6, 6.07) is 24.9. The lowest BCUT2D eigenvalue weighted by molar-refractivity contribution is -0.139. The summed E-state index contributed by atoms with van der Waals surface area (Å²) in [5.74, 6) is 2.20. The molecule has 0 bridgehead atoms. The van der Waals surface area contributed by atoms with Crippen LogP contribution in [0.4, 0.5) is 5.69 Å². The van der Waals surface area contributed by atoms with Crippen LogP contribution in [0.3, 0.4) is 0 Å². The minimum Gasteiger partial charge on any atom is -0.494 e. The number of ketones is 1. The Labute approximate surface area is 491 Å². The summed E-state index contributed by atoms with van der Waals surface area (Å²) >= 11 is 1.40. The zero-order valence-corrected chi connectivity index (χ0v) is 49.0. The molecule has 3 aliphatic rings. The predicted molar refractivity (Wildman–Crippen MR) is 320 cm³/mol. The Morgan fingerprint density at radius 3 is 2.28 bits per heavy atom. The molecule has 1 unspecified atom stereocenters. The van der Waals surface area contributed by atoms with E-state index in [1.807, 2.05) is 78.6 Å². The van der Waals surface area contributed by atoms with Crippen LogP contribution in [0, 0.1) is 5.92 Å². The number of unbranched alkanes of at least 4 members (excludes halogenated alkanes) is 2. The number of nitrogens with one attached hydrogen (secondary N) is 6. The fraction of sp³-hybridized carbons (Fsp3) is 0.492. The first-order valence-electron chi connectivity index (χ1n) is 29.7. The molecule has 1 saturated carbocycles. The number of anilines is 1. The first-order valence-corrected chi connectivity index (χ1v) is 30.6. The molecule has 2 aliphatic heterocycles. The first kappa shape index (κ1) is 60.5. The largest absolute Gasteiger partial charge is 0.494 e. The summed E-state index contributed by atoms with van der Waals surface area (Å²) in [4.78, 5) is 70.2. The van der Waals surface area contributed by atoms with Crippen molar-refractivity contribution in [2.75, 3.05) is 71.6 Å². The Hall–Kier alpha value is -7.10. The number of benzene rings is 3. The number of H-pyrrole nitrogens is 1. The van der Waals surface area contributed by atoms with Gasteiger partial charge in [0.25, 0.3) is 5.91 Å². The number of carbonyl (C=O) groups excluding carboxylic acids is 4. The highest BCUT2D eigenvalue weighted by Gasteiger charge is 2.41. The van der Waals surface area contributed by atoms with Gasteiger partial charge in [-0.3, -0.25) is 29.3 Å². The van der Waals surface area contributed by atoms with Crippen molar-refractivity contribution in [1.82, 2.24) is 51.3 Å². The Kier molecular flexibility index (Phi) is 22.2. The normalized spacial score (nSPS) is 17.3. The molecule has 6 N–H and O–H groups in total. The van der Waals surface area contributed by atoms with Crippen molar-refractivity contribution in [2.24, 2.45) is 5.92 Å². The molecule has 3 aromatic heterocycles. The van der Waals surface area contributed by atoms with Gasteiger partial charge in [0.2, 0.25) is 17.6 Å². The molecule has 19 nitrogen and oxygen atoms in total. The fourth-order valence-electron chi connectivity index (χ4n) is 11.1. The van der Waals surface area contributed by atoms with Crippen molar-refractivity contribution >= 4 is 40.5 Å². The lowest BCUT2D eigenvalue weighted by atomic mass is 9.83. The van der Waals surface area contributed by atoms with Gasteiger partial charge in [-0.05, 0) is 164 Å². The number of carbonyl (C=O) groups is 4. The Morgan fingerprint density at radius 1 is 0.747 bits per heavy atom. The van der Waals surface area contributed by atoms with E-state index in [0.717, 1.165) is 130 Å². The van der Waals surface area contributed by atoms with E-state index in [1.54, 1.807) is 49.9 Å². The number of piperidine rings is 1. The van der Waals surface area contributed by atoms with Gasteiger partial charge in [-0.25, -0.2) is 9.97 Å². The molecule has 3 aromatic carbocycles. The molecule has 0 radical (unpaired) electrons. The summed E-state index contributed by atoms with van der Waals surface area (Å²) in [5.41, 5.74) is 3.55. The molecular weight excluding hydrogens is 1070 g/mol. The maximum atomic E-state index is 14.2. The smallest absolute Gasteiger partial charge is 0.251 e. The minimum atomic E-state index is -0.579. The highest BCUT2D eigenvalue weighted by atomic mass is 32.1. The maximum absolute atomic E-state index is 14.2. The molecule has 20 heteroatoms. The molecule has 5 heterocycles. The van der Waals surface area contributed by atoms with Crippen molar-refractivity contribution in [3.05, 3.63) is 136 Å². The average molecular weight is 1150 g/mol. The topological polar surface area (TPSA) is 236 Å². The summed E-state index contributed by atoms with van der Waals surface area (Å²) in [5, 5.41) is 26.6. The van der Waals surface area contributed by atoms with Crippen LogP contribution in [0.15, 0.2) is 103 Å². The van der Waals surface area contributed by atoms with Crippen LogP contribution >= 0.6 is 11.3 Å². The molecule has 1 aliphatic carbocycles. The lowest BCUT2D eigenvalue weighted by Crippen LogP contribution is -2.55. The number of thiazole rings is 1. The third-order valence-corrected chi connectivity index (χ3v) is 17.0. The minimum absolute atomic E-state index is 0.0546. The number of likely N-dealkylation sites (N-methyl/N-ethyl adjacent to an activating group) is 1. The van der Waals surface area contributed by atoms with Crippen molar-refractivity contribution in [3.63, 3.8) is 0 Å². The Balaban J connectivity index is 0.626. The van der Waals surface area contributed by atoms with E-state index in [0.29, 0.717) is 74.6 Å². The van der Waals surface area contributed by atoms with Crippen LogP contribution < -0.4 is 36.1 Å². The fourth-order valence-corrected chi connectivity index (χ4v) is 12.1. The Bertz CT molecular complexity index is 3040. The van der Waals surface area contributed by atoms with Crippen LogP contribution in [0.5, 0.6) is 11.5 Å². The van der Waals surface area contributed by atoms with Crippen LogP contribution in [-0.2, 0) is 24.6 Å². The molecule has 442 valence electrons. The number of ether oxygens (including phenoxy) is 4. The van der Waals surface area contributed by atoms with Gasteiger partial charge in [0.05, 0.1) is 36.9 Å². The van der Waals surface area contributed by atoms with E-state index in [2.05, 4.69) is 41.8 Å². The number of likely N-dealkylation sites (tertiary alicyclic amines) is 1. The van der Waals surface area contributed by atoms with Crippen molar-refractivity contribution in [1.29, 1.82) is 0 Å². The average Bonchev–Trinajstić information content (AvgIpc) is 4.56. The van der Waals surface area contributed by atoms with Gasteiger partial charge in [0, 0.05) is 66.5 Å². The summed E-state index contributed by atoms with van der Waals surface area (Å²) in [6.45, 7) is 9.11. The van der Waals surface area contributed by atoms with Gasteiger partial charge in [0.15, 0.2) is 11.6 Å². The van der Waals surface area contributed by atoms with E-state index in [9.17, 15) is 19.2 Å². The summed E-state index contributed by atoms with van der Waals surface area (Å²) < 4.78 is 23.7. The van der Waals surface area contributed by atoms with Crippen LogP contribution in [0.25, 0.3) is 11.4 Å². The van der Waals surface area contributed by atoms with E-state index >= 15 is 0 Å². The van der Waals surface area contributed by atoms with Crippen LogP contribution in [0.1, 0.15) is 152 Å². The number of nitrogens with zero attached hydrogens (tertiary/aromatic N) is 5. The quantitative estimate of drug-likeness (QED) is 0.0182. The number of hydrogen-bond donors (Lipinski definition) is 6. The lowest BCUT2D eigenvalue weighted by Gasteiger charge is -2.37. The SMILES string of the molecule is CN[C@@H](C)C(=O)NC(C(=O)N1CCC[C@H]1c1nc(C(=O)c2cccc(OCCOCCCOCCCCCOc3cccc([C@@H](C)NC(=O)c4cccc(NC5(c6nc(-c7ccncc7)n[nH]6)CCNCC5)c4)c3)c2)cs1)C1CCCCC1. The molecule has 9 rings (SSSR count). The van der Waals surface area contributed by atoms with Crippen molar-refractivity contribution < 1.29 is 38.1 Å². The van der Waals surface area contributed by atoms with Gasteiger partial charge in [-0.1, -0.05) is 49.6 Å². The van der Waals surface area contributed by atoms with Gasteiger partial charge >= 0.3 is 0 Å². The molecule has 2 saturated heterocycles. The molecule has 3 fully saturated rings. The number of rotatable bonds is 30. The number of pyridine rings is 1. The number of aromatic nitrogens is 5. The number of amides is 3. The van der Waals surface area contributed by atoms with E-state index in [-0.39, 0.29) is 41.5 Å². The predicted octanol–water partition coefficient (Wildman–Crippen LogP) is 9.12. The Morgan fingerprint density at radius 2 is 1.47 bits per heavy atom. The van der Waals surface area contributed by atoms with E-state index in [1.165, 1.54) is 11.3 Å². The monoisotopic (exact) mass is 1150 g/mol. The molecule has 6 aromatic rings. The summed E-state index contributed by atoms with van der Waals surface area (Å²) in [7, 11) is 1.74. The van der Waals surface area contributed by atoms with Crippen LogP contribution in [0.2, 0.25) is 0 Å². The van der Waals surface area contributed by atoms with Crippen LogP contribution in [-0.4, -0.2) is 132 Å². The second-order valence-electron chi connectivity index (χ2n) is 21.9. The zero-order chi connectivity index (χ0) is 57.8. The molecule has 3 amide bonds. The zero-order valence-electron chi connectivity index (χ0n) is 48.2. The van der Waals surface area contributed by atoms with Crippen molar-refractivity contribution in [3.8, 4) is 22.9 Å². The second-order valence-corrected chi connectivity index (χ2v) is 22.8. The molecule has 83 heavy (non-hydrogen) atoms.